The average molecular weight is 669 g/mol. The van der Waals surface area contributed by atoms with Gasteiger partial charge in [0, 0.05) is 11.4 Å². The Morgan fingerprint density at radius 2 is 0.925 bits per heavy atom. The molecule has 0 bridgehead atoms. The van der Waals surface area contributed by atoms with Crippen molar-refractivity contribution < 1.29 is 19.1 Å². The zero-order valence-electron chi connectivity index (χ0n) is 21.0. The fourth-order valence-corrected chi connectivity index (χ4v) is 3.70. The van der Waals surface area contributed by atoms with Crippen LogP contribution in [-0.4, -0.2) is 32.1 Å². The standard InChI is InChI=1S/C26H24Cl6N4O4/c1-15-7-11-17(12-8-15)33-23(37)35-21(25(27,28)29)39-19-5-3-4-6-20(19)40-22(26(30,31)32)36-24(38)34-18-13-9-16(2)10-14-18/h3-14,21-22H,1-2H3,(H2,33,35,37)(H2,34,36,38). The first-order valence-corrected chi connectivity index (χ1v) is 13.8. The lowest BCUT2D eigenvalue weighted by Crippen LogP contribution is -2.50. The number of nitrogens with one attached hydrogen (secondary N) is 4. The number of carbonyl (C=O) groups excluding carboxylic acids is 2. The van der Waals surface area contributed by atoms with Crippen LogP contribution in [0.3, 0.4) is 0 Å². The Morgan fingerprint density at radius 3 is 1.23 bits per heavy atom. The fraction of sp³-hybridized carbons (Fsp3) is 0.231. The molecule has 0 fully saturated rings. The van der Waals surface area contributed by atoms with Crippen LogP contribution in [0, 0.1) is 13.8 Å². The number of anilines is 2. The summed E-state index contributed by atoms with van der Waals surface area (Å²) in [6.45, 7) is 3.82. The van der Waals surface area contributed by atoms with Crippen LogP contribution in [0.4, 0.5) is 21.0 Å². The number of rotatable bonds is 8. The highest BCUT2D eigenvalue weighted by Crippen LogP contribution is 2.38. The highest BCUT2D eigenvalue weighted by molar-refractivity contribution is 6.68. The van der Waals surface area contributed by atoms with Crippen LogP contribution >= 0.6 is 69.6 Å². The third-order valence-electron chi connectivity index (χ3n) is 5.08. The van der Waals surface area contributed by atoms with E-state index in [2.05, 4.69) is 21.3 Å². The molecular weight excluding hydrogens is 645 g/mol. The second-order valence-electron chi connectivity index (χ2n) is 8.45. The van der Waals surface area contributed by atoms with Crippen molar-refractivity contribution >= 4 is 93.0 Å². The first-order valence-electron chi connectivity index (χ1n) is 11.5. The number of alkyl halides is 6. The SMILES string of the molecule is Cc1ccc(NC(=O)NC(Oc2ccccc2OC(NC(=O)Nc2ccc(C)cc2)C(Cl)(Cl)Cl)C(Cl)(Cl)Cl)cc1. The minimum absolute atomic E-state index is 0.00875. The molecule has 0 aliphatic rings. The summed E-state index contributed by atoms with van der Waals surface area (Å²) in [4.78, 5) is 25.2. The van der Waals surface area contributed by atoms with Crippen LogP contribution in [0.5, 0.6) is 11.5 Å². The number of para-hydroxylation sites is 2. The summed E-state index contributed by atoms with van der Waals surface area (Å²) < 4.78 is 7.40. The van der Waals surface area contributed by atoms with Gasteiger partial charge in [0.1, 0.15) is 0 Å². The Labute approximate surface area is 261 Å². The van der Waals surface area contributed by atoms with E-state index in [0.29, 0.717) is 11.4 Å². The number of hydrogen-bond donors (Lipinski definition) is 4. The zero-order chi connectivity index (χ0) is 29.5. The van der Waals surface area contributed by atoms with Gasteiger partial charge in [0.25, 0.3) is 0 Å². The van der Waals surface area contributed by atoms with E-state index in [9.17, 15) is 9.59 Å². The number of benzene rings is 3. The summed E-state index contributed by atoms with van der Waals surface area (Å²) in [6, 6.07) is 18.9. The summed E-state index contributed by atoms with van der Waals surface area (Å²) in [5.41, 5.74) is 3.05. The molecule has 2 unspecified atom stereocenters. The molecule has 0 radical (unpaired) electrons. The van der Waals surface area contributed by atoms with E-state index in [1.54, 1.807) is 36.4 Å². The first-order chi connectivity index (χ1) is 18.7. The highest BCUT2D eigenvalue weighted by atomic mass is 35.6. The summed E-state index contributed by atoms with van der Waals surface area (Å²) in [7, 11) is 0. The number of aryl methyl sites for hydroxylation is 2. The van der Waals surface area contributed by atoms with Gasteiger partial charge in [-0.15, -0.1) is 0 Å². The molecule has 8 nitrogen and oxygen atoms in total. The molecule has 4 N–H and O–H groups in total. The molecule has 0 aromatic heterocycles. The van der Waals surface area contributed by atoms with Gasteiger partial charge in [0.2, 0.25) is 20.0 Å². The lowest BCUT2D eigenvalue weighted by atomic mass is 10.2. The number of ether oxygens (including phenoxy) is 2. The molecule has 0 saturated heterocycles. The third kappa shape index (κ3) is 10.2. The van der Waals surface area contributed by atoms with Crippen molar-refractivity contribution in [3.8, 4) is 11.5 Å². The van der Waals surface area contributed by atoms with E-state index < -0.39 is 32.1 Å². The maximum atomic E-state index is 12.6. The van der Waals surface area contributed by atoms with Crippen molar-refractivity contribution in [2.45, 2.75) is 33.9 Å². The lowest BCUT2D eigenvalue weighted by molar-refractivity contribution is 0.140. The number of carbonyl (C=O) groups is 2. The topological polar surface area (TPSA) is 101 Å². The molecule has 3 rings (SSSR count). The van der Waals surface area contributed by atoms with Crippen LogP contribution < -0.4 is 30.7 Å². The van der Waals surface area contributed by atoms with Crippen molar-refractivity contribution in [3.05, 3.63) is 83.9 Å². The summed E-state index contributed by atoms with van der Waals surface area (Å²) >= 11 is 36.6. The van der Waals surface area contributed by atoms with E-state index in [1.165, 1.54) is 12.1 Å². The lowest BCUT2D eigenvalue weighted by Gasteiger charge is -2.29. The van der Waals surface area contributed by atoms with Gasteiger partial charge in [-0.3, -0.25) is 10.6 Å². The van der Waals surface area contributed by atoms with Gasteiger partial charge in [-0.25, -0.2) is 9.59 Å². The molecule has 3 aromatic carbocycles. The van der Waals surface area contributed by atoms with Gasteiger partial charge >= 0.3 is 12.1 Å². The molecule has 3 aromatic rings. The first kappa shape index (κ1) is 32.1. The second kappa shape index (κ2) is 13.9. The molecule has 4 amide bonds. The molecule has 14 heteroatoms. The second-order valence-corrected chi connectivity index (χ2v) is 13.2. The zero-order valence-corrected chi connectivity index (χ0v) is 25.5. The minimum atomic E-state index is -2.11. The largest absolute Gasteiger partial charge is 0.462 e. The molecule has 0 heterocycles. The van der Waals surface area contributed by atoms with Crippen molar-refractivity contribution in [1.82, 2.24) is 10.6 Å². The van der Waals surface area contributed by atoms with Crippen LogP contribution in [0.25, 0.3) is 0 Å². The molecule has 40 heavy (non-hydrogen) atoms. The normalized spacial score (nSPS) is 13.0. The van der Waals surface area contributed by atoms with Gasteiger partial charge in [0.05, 0.1) is 0 Å². The van der Waals surface area contributed by atoms with Crippen molar-refractivity contribution in [2.24, 2.45) is 0 Å². The maximum Gasteiger partial charge on any atom is 0.322 e. The van der Waals surface area contributed by atoms with Crippen molar-refractivity contribution in [3.63, 3.8) is 0 Å². The summed E-state index contributed by atoms with van der Waals surface area (Å²) in [5.74, 6) is 0.0175. The van der Waals surface area contributed by atoms with E-state index in [1.807, 2.05) is 38.1 Å². The van der Waals surface area contributed by atoms with E-state index in [-0.39, 0.29) is 11.5 Å². The van der Waals surface area contributed by atoms with Crippen LogP contribution in [-0.2, 0) is 0 Å². The number of halogens is 6. The predicted molar refractivity (Wildman–Crippen MR) is 163 cm³/mol. The van der Waals surface area contributed by atoms with Gasteiger partial charge < -0.3 is 20.1 Å². The Balaban J connectivity index is 1.74. The van der Waals surface area contributed by atoms with Crippen LogP contribution in [0.15, 0.2) is 72.8 Å². The Hall–Kier alpha value is -2.46. The highest BCUT2D eigenvalue weighted by Gasteiger charge is 2.39. The molecule has 0 aliphatic heterocycles. The van der Waals surface area contributed by atoms with Gasteiger partial charge in [-0.05, 0) is 50.2 Å². The molecule has 2 atom stereocenters. The predicted octanol–water partition coefficient (Wildman–Crippen LogP) is 8.10. The number of hydrogen-bond acceptors (Lipinski definition) is 4. The molecular formula is C26H24Cl6N4O4. The third-order valence-corrected chi connectivity index (χ3v) is 6.27. The average Bonchev–Trinajstić information content (AvgIpc) is 2.86. The molecule has 0 aliphatic carbocycles. The quantitative estimate of drug-likeness (QED) is 0.144. The van der Waals surface area contributed by atoms with Gasteiger partial charge in [0.15, 0.2) is 11.5 Å². The number of urea groups is 2. The van der Waals surface area contributed by atoms with Gasteiger partial charge in [-0.2, -0.15) is 0 Å². The number of amides is 4. The maximum absolute atomic E-state index is 12.6. The monoisotopic (exact) mass is 666 g/mol. The van der Waals surface area contributed by atoms with E-state index >= 15 is 0 Å². The molecule has 0 spiro atoms. The van der Waals surface area contributed by atoms with Crippen LogP contribution in [0.1, 0.15) is 11.1 Å². The molecule has 214 valence electrons. The smallest absolute Gasteiger partial charge is 0.322 e. The van der Waals surface area contributed by atoms with Crippen LogP contribution in [0.2, 0.25) is 0 Å². The Kier molecular flexibility index (Phi) is 11.2. The Morgan fingerprint density at radius 1 is 0.600 bits per heavy atom. The summed E-state index contributed by atoms with van der Waals surface area (Å²) in [5, 5.41) is 10.2. The van der Waals surface area contributed by atoms with E-state index in [0.717, 1.165) is 11.1 Å². The van der Waals surface area contributed by atoms with Gasteiger partial charge in [-0.1, -0.05) is 117 Å². The van der Waals surface area contributed by atoms with E-state index in [4.69, 9.17) is 79.1 Å². The minimum Gasteiger partial charge on any atom is -0.462 e. The van der Waals surface area contributed by atoms with Crippen molar-refractivity contribution in [2.75, 3.05) is 10.6 Å². The van der Waals surface area contributed by atoms with Crippen molar-refractivity contribution in [1.29, 1.82) is 0 Å². The molecule has 0 saturated carbocycles. The summed E-state index contributed by atoms with van der Waals surface area (Å²) in [6.07, 6.45) is -2.98. The fourth-order valence-electron chi connectivity index (χ4n) is 3.10. The Bertz CT molecular complexity index is 1200.